The minimum Gasteiger partial charge on any atom is -0.508 e. The fourth-order valence-corrected chi connectivity index (χ4v) is 2.24. The van der Waals surface area contributed by atoms with Gasteiger partial charge >= 0.3 is 0 Å². The van der Waals surface area contributed by atoms with Crippen molar-refractivity contribution in [1.29, 1.82) is 0 Å². The van der Waals surface area contributed by atoms with Crippen LogP contribution < -0.4 is 5.32 Å². The van der Waals surface area contributed by atoms with Crippen molar-refractivity contribution in [2.24, 2.45) is 0 Å². The summed E-state index contributed by atoms with van der Waals surface area (Å²) in [6, 6.07) is 8.07. The first kappa shape index (κ1) is 8.91. The summed E-state index contributed by atoms with van der Waals surface area (Å²) in [6.45, 7) is 1.17. The molecule has 0 bridgehead atoms. The second-order valence-corrected chi connectivity index (χ2v) is 4.34. The summed E-state index contributed by atoms with van der Waals surface area (Å²) in [7, 11) is 0. The van der Waals surface area contributed by atoms with Crippen LogP contribution in [0.4, 0.5) is 0 Å². The van der Waals surface area contributed by atoms with Crippen molar-refractivity contribution in [3.8, 4) is 5.75 Å². The Kier molecular flexibility index (Phi) is 2.76. The SMILES string of the molecule is Oc1ccc(SCC2CCN2)cc1. The van der Waals surface area contributed by atoms with Gasteiger partial charge in [0.15, 0.2) is 0 Å². The van der Waals surface area contributed by atoms with Crippen LogP contribution in [0.1, 0.15) is 6.42 Å². The second kappa shape index (κ2) is 4.03. The van der Waals surface area contributed by atoms with Gasteiger partial charge in [0.25, 0.3) is 0 Å². The number of hydrogen-bond donors (Lipinski definition) is 2. The molecule has 0 aromatic heterocycles. The van der Waals surface area contributed by atoms with Gasteiger partial charge in [0.2, 0.25) is 0 Å². The zero-order valence-corrected chi connectivity index (χ0v) is 8.18. The van der Waals surface area contributed by atoms with Crippen LogP contribution in [0.2, 0.25) is 0 Å². The summed E-state index contributed by atoms with van der Waals surface area (Å²) in [5, 5.41) is 12.4. The quantitative estimate of drug-likeness (QED) is 0.722. The number of nitrogens with one attached hydrogen (secondary N) is 1. The third-order valence-corrected chi connectivity index (χ3v) is 3.39. The van der Waals surface area contributed by atoms with Gasteiger partial charge in [0, 0.05) is 16.7 Å². The van der Waals surface area contributed by atoms with Gasteiger partial charge in [-0.2, -0.15) is 0 Å². The molecule has 2 rings (SSSR count). The maximum absolute atomic E-state index is 9.07. The largest absolute Gasteiger partial charge is 0.508 e. The van der Waals surface area contributed by atoms with E-state index in [0.29, 0.717) is 11.8 Å². The Morgan fingerprint density at radius 2 is 2.08 bits per heavy atom. The van der Waals surface area contributed by atoms with Crippen molar-refractivity contribution < 1.29 is 5.11 Å². The monoisotopic (exact) mass is 195 g/mol. The van der Waals surface area contributed by atoms with Crippen molar-refractivity contribution in [2.45, 2.75) is 17.4 Å². The highest BCUT2D eigenvalue weighted by molar-refractivity contribution is 7.99. The summed E-state index contributed by atoms with van der Waals surface area (Å²) < 4.78 is 0. The van der Waals surface area contributed by atoms with Crippen LogP contribution in [0.3, 0.4) is 0 Å². The zero-order valence-electron chi connectivity index (χ0n) is 7.36. The zero-order chi connectivity index (χ0) is 9.10. The molecule has 0 saturated carbocycles. The van der Waals surface area contributed by atoms with E-state index in [4.69, 9.17) is 5.11 Å². The van der Waals surface area contributed by atoms with E-state index in [1.54, 1.807) is 12.1 Å². The third-order valence-electron chi connectivity index (χ3n) is 2.21. The average Bonchev–Trinajstić information content (AvgIpc) is 2.05. The minimum absolute atomic E-state index is 0.339. The molecule has 1 unspecified atom stereocenters. The average molecular weight is 195 g/mol. The number of rotatable bonds is 3. The Balaban J connectivity index is 1.83. The van der Waals surface area contributed by atoms with Crippen LogP contribution >= 0.6 is 11.8 Å². The van der Waals surface area contributed by atoms with Gasteiger partial charge in [0.1, 0.15) is 5.75 Å². The highest BCUT2D eigenvalue weighted by atomic mass is 32.2. The van der Waals surface area contributed by atoms with Gasteiger partial charge in [-0.15, -0.1) is 11.8 Å². The van der Waals surface area contributed by atoms with Gasteiger partial charge in [0.05, 0.1) is 0 Å². The molecule has 1 heterocycles. The number of hydrogen-bond acceptors (Lipinski definition) is 3. The molecule has 0 spiro atoms. The van der Waals surface area contributed by atoms with E-state index in [1.165, 1.54) is 17.9 Å². The van der Waals surface area contributed by atoms with Crippen LogP contribution in [-0.4, -0.2) is 23.4 Å². The molecule has 1 aromatic rings. The predicted molar refractivity (Wildman–Crippen MR) is 55.2 cm³/mol. The predicted octanol–water partition coefficient (Wildman–Crippen LogP) is 1.85. The van der Waals surface area contributed by atoms with Gasteiger partial charge in [-0.25, -0.2) is 0 Å². The van der Waals surface area contributed by atoms with E-state index < -0.39 is 0 Å². The van der Waals surface area contributed by atoms with Crippen LogP contribution in [0.15, 0.2) is 29.2 Å². The molecule has 3 heteroatoms. The molecular weight excluding hydrogens is 182 g/mol. The molecule has 2 N–H and O–H groups in total. The van der Waals surface area contributed by atoms with Crippen molar-refractivity contribution >= 4 is 11.8 Å². The second-order valence-electron chi connectivity index (χ2n) is 3.24. The Hall–Kier alpha value is -0.670. The van der Waals surface area contributed by atoms with Crippen LogP contribution in [0.25, 0.3) is 0 Å². The van der Waals surface area contributed by atoms with Gasteiger partial charge in [-0.3, -0.25) is 0 Å². The number of phenolic OH excluding ortho intramolecular Hbond substituents is 1. The molecule has 1 aliphatic rings. The lowest BCUT2D eigenvalue weighted by atomic mass is 10.1. The lowest BCUT2D eigenvalue weighted by Crippen LogP contribution is -2.44. The maximum atomic E-state index is 9.07. The molecule has 13 heavy (non-hydrogen) atoms. The molecule has 0 amide bonds. The third kappa shape index (κ3) is 2.39. The van der Waals surface area contributed by atoms with Crippen LogP contribution in [0, 0.1) is 0 Å². The summed E-state index contributed by atoms with van der Waals surface area (Å²) in [4.78, 5) is 1.23. The van der Waals surface area contributed by atoms with Crippen LogP contribution in [0.5, 0.6) is 5.75 Å². The van der Waals surface area contributed by atoms with Gasteiger partial charge < -0.3 is 10.4 Å². The Morgan fingerprint density at radius 3 is 2.62 bits per heavy atom. The maximum Gasteiger partial charge on any atom is 0.115 e. The van der Waals surface area contributed by atoms with Crippen molar-refractivity contribution in [3.63, 3.8) is 0 Å². The lowest BCUT2D eigenvalue weighted by molar-refractivity contribution is 0.405. The van der Waals surface area contributed by atoms with E-state index in [1.807, 2.05) is 23.9 Å². The first-order chi connectivity index (χ1) is 6.34. The van der Waals surface area contributed by atoms with E-state index in [0.717, 1.165) is 5.75 Å². The van der Waals surface area contributed by atoms with E-state index in [2.05, 4.69) is 5.32 Å². The van der Waals surface area contributed by atoms with Crippen molar-refractivity contribution in [2.75, 3.05) is 12.3 Å². The number of thioether (sulfide) groups is 1. The molecule has 1 aromatic carbocycles. The summed E-state index contributed by atoms with van der Waals surface area (Å²) in [5.74, 6) is 1.47. The van der Waals surface area contributed by atoms with E-state index in [-0.39, 0.29) is 0 Å². The normalized spacial score (nSPS) is 21.1. The number of benzene rings is 1. The first-order valence-electron chi connectivity index (χ1n) is 4.50. The number of aromatic hydroxyl groups is 1. The molecular formula is C10H13NOS. The summed E-state index contributed by atoms with van der Waals surface area (Å²) in [6.07, 6.45) is 1.30. The molecule has 1 saturated heterocycles. The highest BCUT2D eigenvalue weighted by Crippen LogP contribution is 2.22. The fraction of sp³-hybridized carbons (Fsp3) is 0.400. The highest BCUT2D eigenvalue weighted by Gasteiger charge is 2.15. The van der Waals surface area contributed by atoms with Gasteiger partial charge in [-0.05, 0) is 37.2 Å². The molecule has 0 radical (unpaired) electrons. The Bertz CT molecular complexity index is 269. The van der Waals surface area contributed by atoms with Crippen molar-refractivity contribution in [3.05, 3.63) is 24.3 Å². The molecule has 1 fully saturated rings. The minimum atomic E-state index is 0.339. The van der Waals surface area contributed by atoms with E-state index in [9.17, 15) is 0 Å². The van der Waals surface area contributed by atoms with Crippen molar-refractivity contribution in [1.82, 2.24) is 5.32 Å². The van der Waals surface area contributed by atoms with Gasteiger partial charge in [-0.1, -0.05) is 0 Å². The smallest absolute Gasteiger partial charge is 0.115 e. The summed E-state index contributed by atoms with van der Waals surface area (Å²) in [5.41, 5.74) is 0. The summed E-state index contributed by atoms with van der Waals surface area (Å²) >= 11 is 1.84. The topological polar surface area (TPSA) is 32.3 Å². The van der Waals surface area contributed by atoms with Crippen LogP contribution in [-0.2, 0) is 0 Å². The first-order valence-corrected chi connectivity index (χ1v) is 5.48. The molecule has 2 nitrogen and oxygen atoms in total. The Labute approximate surface area is 82.4 Å². The molecule has 1 aliphatic heterocycles. The Morgan fingerprint density at radius 1 is 1.38 bits per heavy atom. The molecule has 0 aliphatic carbocycles. The lowest BCUT2D eigenvalue weighted by Gasteiger charge is -2.27. The standard InChI is InChI=1S/C10H13NOS/c12-9-1-3-10(4-2-9)13-7-8-5-6-11-8/h1-4,8,11-12H,5-7H2. The molecule has 1 atom stereocenters. The molecule has 70 valence electrons. The number of phenols is 1. The fourth-order valence-electron chi connectivity index (χ4n) is 1.23. The van der Waals surface area contributed by atoms with E-state index >= 15 is 0 Å².